The molecular formula is C18H27N3O3S. The third-order valence-electron chi connectivity index (χ3n) is 4.93. The molecule has 0 radical (unpaired) electrons. The second-order valence-corrected chi connectivity index (χ2v) is 8.80. The Morgan fingerprint density at radius 3 is 2.56 bits per heavy atom. The van der Waals surface area contributed by atoms with Crippen molar-refractivity contribution < 1.29 is 13.2 Å². The minimum Gasteiger partial charge on any atom is -0.348 e. The lowest BCUT2D eigenvalue weighted by Crippen LogP contribution is -2.45. The van der Waals surface area contributed by atoms with Gasteiger partial charge in [0, 0.05) is 31.2 Å². The van der Waals surface area contributed by atoms with E-state index in [1.165, 1.54) is 6.07 Å². The number of amides is 1. The Balaban J connectivity index is 1.74. The number of piperidine rings is 1. The quantitative estimate of drug-likeness (QED) is 0.852. The maximum Gasteiger partial charge on any atom is 0.251 e. The molecule has 1 unspecified atom stereocenters. The Morgan fingerprint density at radius 1 is 1.12 bits per heavy atom. The number of rotatable bonds is 4. The molecule has 2 aliphatic heterocycles. The molecule has 2 N–H and O–H groups in total. The Hall–Kier alpha value is -1.44. The van der Waals surface area contributed by atoms with Crippen LogP contribution in [-0.4, -0.2) is 50.9 Å². The van der Waals surface area contributed by atoms with Gasteiger partial charge in [0.25, 0.3) is 5.91 Å². The van der Waals surface area contributed by atoms with Crippen molar-refractivity contribution in [3.05, 3.63) is 29.8 Å². The smallest absolute Gasteiger partial charge is 0.251 e. The van der Waals surface area contributed by atoms with Crippen LogP contribution < -0.4 is 10.6 Å². The van der Waals surface area contributed by atoms with Crippen molar-refractivity contribution in [2.75, 3.05) is 26.2 Å². The zero-order valence-corrected chi connectivity index (χ0v) is 15.4. The van der Waals surface area contributed by atoms with E-state index < -0.39 is 10.0 Å². The number of carbonyl (C=O) groups excluding carboxylic acids is 1. The number of nitrogens with zero attached hydrogens (tertiary/aromatic N) is 1. The van der Waals surface area contributed by atoms with Gasteiger partial charge in [-0.25, -0.2) is 8.42 Å². The summed E-state index contributed by atoms with van der Waals surface area (Å²) in [6.07, 6.45) is 5.93. The average Bonchev–Trinajstić information content (AvgIpc) is 2.93. The molecule has 7 heteroatoms. The monoisotopic (exact) mass is 365 g/mol. The molecule has 0 aliphatic carbocycles. The van der Waals surface area contributed by atoms with Gasteiger partial charge in [-0.05, 0) is 50.4 Å². The lowest BCUT2D eigenvalue weighted by atomic mass is 10.1. The molecule has 6 nitrogen and oxygen atoms in total. The molecule has 25 heavy (non-hydrogen) atoms. The summed E-state index contributed by atoms with van der Waals surface area (Å²) in [6.45, 7) is 2.87. The van der Waals surface area contributed by atoms with E-state index in [4.69, 9.17) is 0 Å². The zero-order chi connectivity index (χ0) is 17.7. The Morgan fingerprint density at radius 2 is 1.88 bits per heavy atom. The average molecular weight is 365 g/mol. The lowest BCUT2D eigenvalue weighted by molar-refractivity contribution is 0.0930. The second-order valence-electron chi connectivity index (χ2n) is 6.86. The Labute approximate surface area is 150 Å². The summed E-state index contributed by atoms with van der Waals surface area (Å²) in [5.41, 5.74) is 0.404. The van der Waals surface area contributed by atoms with Gasteiger partial charge in [0.15, 0.2) is 0 Å². The molecule has 0 spiro atoms. The first-order valence-electron chi connectivity index (χ1n) is 9.19. The van der Waals surface area contributed by atoms with Crippen molar-refractivity contribution in [2.45, 2.75) is 49.5 Å². The predicted molar refractivity (Wildman–Crippen MR) is 97.0 cm³/mol. The summed E-state index contributed by atoms with van der Waals surface area (Å²) in [7, 11) is -3.53. The van der Waals surface area contributed by atoms with Crippen molar-refractivity contribution in [2.24, 2.45) is 0 Å². The topological polar surface area (TPSA) is 78.5 Å². The third-order valence-corrected chi connectivity index (χ3v) is 6.83. The van der Waals surface area contributed by atoms with Gasteiger partial charge in [0.05, 0.1) is 4.90 Å². The fraction of sp³-hybridized carbons (Fsp3) is 0.611. The van der Waals surface area contributed by atoms with Gasteiger partial charge in [-0.2, -0.15) is 4.31 Å². The minimum absolute atomic E-state index is 0.104. The van der Waals surface area contributed by atoms with E-state index in [1.807, 2.05) is 0 Å². The fourth-order valence-electron chi connectivity index (χ4n) is 3.47. The van der Waals surface area contributed by atoms with Gasteiger partial charge in [0.2, 0.25) is 10.0 Å². The number of hydrogen-bond donors (Lipinski definition) is 2. The first-order chi connectivity index (χ1) is 12.1. The van der Waals surface area contributed by atoms with E-state index in [-0.39, 0.29) is 16.8 Å². The van der Waals surface area contributed by atoms with Crippen LogP contribution in [-0.2, 0) is 10.0 Å². The van der Waals surface area contributed by atoms with Gasteiger partial charge in [-0.3, -0.25) is 4.79 Å². The van der Waals surface area contributed by atoms with E-state index >= 15 is 0 Å². The highest BCUT2D eigenvalue weighted by Crippen LogP contribution is 2.21. The van der Waals surface area contributed by atoms with Gasteiger partial charge in [0.1, 0.15) is 0 Å². The van der Waals surface area contributed by atoms with E-state index in [2.05, 4.69) is 10.6 Å². The van der Waals surface area contributed by atoms with Crippen LogP contribution in [0, 0.1) is 0 Å². The van der Waals surface area contributed by atoms with E-state index in [0.29, 0.717) is 18.7 Å². The molecule has 0 bridgehead atoms. The highest BCUT2D eigenvalue weighted by atomic mass is 32.2. The Bertz CT molecular complexity index is 691. The third kappa shape index (κ3) is 4.59. The summed E-state index contributed by atoms with van der Waals surface area (Å²) < 4.78 is 27.3. The molecule has 1 amide bonds. The van der Waals surface area contributed by atoms with Crippen LogP contribution >= 0.6 is 0 Å². The summed E-state index contributed by atoms with van der Waals surface area (Å²) in [5, 5.41) is 6.25. The van der Waals surface area contributed by atoms with Crippen LogP contribution in [0.3, 0.4) is 0 Å². The highest BCUT2D eigenvalue weighted by Gasteiger charge is 2.26. The van der Waals surface area contributed by atoms with Gasteiger partial charge in [-0.15, -0.1) is 0 Å². The predicted octanol–water partition coefficient (Wildman–Crippen LogP) is 1.73. The maximum absolute atomic E-state index is 12.9. The fourth-order valence-corrected chi connectivity index (χ4v) is 5.04. The molecule has 1 atom stereocenters. The van der Waals surface area contributed by atoms with Crippen molar-refractivity contribution in [3.8, 4) is 0 Å². The number of carbonyl (C=O) groups is 1. The van der Waals surface area contributed by atoms with Crippen molar-refractivity contribution in [1.82, 2.24) is 14.9 Å². The van der Waals surface area contributed by atoms with Crippen LogP contribution in [0.1, 0.15) is 48.9 Å². The van der Waals surface area contributed by atoms with Crippen LogP contribution in [0.2, 0.25) is 0 Å². The van der Waals surface area contributed by atoms with E-state index in [1.54, 1.807) is 22.5 Å². The number of benzene rings is 1. The summed E-state index contributed by atoms with van der Waals surface area (Å²) in [5.74, 6) is -0.207. The maximum atomic E-state index is 12.9. The minimum atomic E-state index is -3.53. The van der Waals surface area contributed by atoms with E-state index in [0.717, 1.165) is 51.6 Å². The second kappa shape index (κ2) is 8.29. The van der Waals surface area contributed by atoms with Crippen LogP contribution in [0.4, 0.5) is 0 Å². The first kappa shape index (κ1) is 18.4. The standard InChI is InChI=1S/C18H27N3O3S/c22-18(20-16-8-6-10-19-14-16)15-7-5-9-17(13-15)25(23,24)21-11-3-1-2-4-12-21/h5,7,9,13,16,19H,1-4,6,8,10-12,14H2,(H,20,22). The molecule has 2 saturated heterocycles. The summed E-state index contributed by atoms with van der Waals surface area (Å²) in [4.78, 5) is 12.7. The molecule has 2 aliphatic rings. The molecule has 0 aromatic heterocycles. The first-order valence-corrected chi connectivity index (χ1v) is 10.6. The van der Waals surface area contributed by atoms with Crippen LogP contribution in [0.5, 0.6) is 0 Å². The largest absolute Gasteiger partial charge is 0.348 e. The Kier molecular flexibility index (Phi) is 6.09. The van der Waals surface area contributed by atoms with Crippen molar-refractivity contribution >= 4 is 15.9 Å². The lowest BCUT2D eigenvalue weighted by Gasteiger charge is -2.24. The number of sulfonamides is 1. The summed E-state index contributed by atoms with van der Waals surface area (Å²) in [6, 6.07) is 6.52. The molecule has 1 aromatic carbocycles. The molecule has 2 heterocycles. The van der Waals surface area contributed by atoms with Crippen LogP contribution in [0.15, 0.2) is 29.2 Å². The van der Waals surface area contributed by atoms with Crippen molar-refractivity contribution in [1.29, 1.82) is 0 Å². The number of hydrogen-bond acceptors (Lipinski definition) is 4. The van der Waals surface area contributed by atoms with Crippen LogP contribution in [0.25, 0.3) is 0 Å². The summed E-state index contributed by atoms with van der Waals surface area (Å²) >= 11 is 0. The SMILES string of the molecule is O=C(NC1CCCNC1)c1cccc(S(=O)(=O)N2CCCCCC2)c1. The molecule has 138 valence electrons. The number of nitrogens with one attached hydrogen (secondary N) is 2. The molecule has 0 saturated carbocycles. The molecule has 1 aromatic rings. The van der Waals surface area contributed by atoms with Gasteiger partial charge >= 0.3 is 0 Å². The van der Waals surface area contributed by atoms with Crippen molar-refractivity contribution in [3.63, 3.8) is 0 Å². The van der Waals surface area contributed by atoms with Gasteiger partial charge in [-0.1, -0.05) is 18.9 Å². The van der Waals surface area contributed by atoms with E-state index in [9.17, 15) is 13.2 Å². The van der Waals surface area contributed by atoms with Gasteiger partial charge < -0.3 is 10.6 Å². The molecular weight excluding hydrogens is 338 g/mol. The molecule has 3 rings (SSSR count). The normalized spacial score (nSPS) is 23.0. The highest BCUT2D eigenvalue weighted by molar-refractivity contribution is 7.89. The zero-order valence-electron chi connectivity index (χ0n) is 14.5. The molecule has 2 fully saturated rings.